The summed E-state index contributed by atoms with van der Waals surface area (Å²) in [7, 11) is 0. The number of ketones is 1. The number of carbonyl (C=O) groups excluding carboxylic acids is 2. The molecule has 0 fully saturated rings. The first-order chi connectivity index (χ1) is 11.5. The minimum atomic E-state index is -0.520. The van der Waals surface area contributed by atoms with Crippen LogP contribution in [0.2, 0.25) is 0 Å². The normalized spacial score (nSPS) is 12.1. The highest BCUT2D eigenvalue weighted by molar-refractivity contribution is 6.07. The summed E-state index contributed by atoms with van der Waals surface area (Å²) in [6, 6.07) is 12.6. The fourth-order valence-electron chi connectivity index (χ4n) is 2.71. The standard InChI is InChI=1S/C19H17FN2O2/c1-12(19(24)21-15-9-7-14(20)8-10-15)22-11-17(13(2)23)16-5-3-4-6-18(16)22/h3-12H,1-2H3,(H,21,24)/t12-/m0/s1. The van der Waals surface area contributed by atoms with Crippen LogP contribution in [0.15, 0.2) is 54.7 Å². The molecule has 1 heterocycles. The van der Waals surface area contributed by atoms with Crippen molar-refractivity contribution in [1.82, 2.24) is 4.57 Å². The smallest absolute Gasteiger partial charge is 0.247 e. The van der Waals surface area contributed by atoms with E-state index in [1.807, 2.05) is 24.3 Å². The summed E-state index contributed by atoms with van der Waals surface area (Å²) in [6.45, 7) is 3.27. The van der Waals surface area contributed by atoms with Gasteiger partial charge in [0, 0.05) is 28.4 Å². The molecule has 4 nitrogen and oxygen atoms in total. The van der Waals surface area contributed by atoms with Crippen molar-refractivity contribution in [3.05, 3.63) is 66.1 Å². The SMILES string of the molecule is CC(=O)c1cn([C@@H](C)C(=O)Nc2ccc(F)cc2)c2ccccc12. The molecule has 24 heavy (non-hydrogen) atoms. The third-order valence-electron chi connectivity index (χ3n) is 4.03. The van der Waals surface area contributed by atoms with Gasteiger partial charge in [0.1, 0.15) is 11.9 Å². The van der Waals surface area contributed by atoms with E-state index >= 15 is 0 Å². The van der Waals surface area contributed by atoms with E-state index in [-0.39, 0.29) is 17.5 Å². The Morgan fingerprint density at radius 2 is 1.75 bits per heavy atom. The molecule has 122 valence electrons. The molecule has 0 bridgehead atoms. The van der Waals surface area contributed by atoms with Crippen molar-refractivity contribution in [2.24, 2.45) is 0 Å². The van der Waals surface area contributed by atoms with E-state index in [9.17, 15) is 14.0 Å². The van der Waals surface area contributed by atoms with Crippen molar-refractivity contribution in [1.29, 1.82) is 0 Å². The van der Waals surface area contributed by atoms with Gasteiger partial charge >= 0.3 is 0 Å². The van der Waals surface area contributed by atoms with Crippen LogP contribution in [0.5, 0.6) is 0 Å². The number of amides is 1. The maximum atomic E-state index is 13.0. The summed E-state index contributed by atoms with van der Waals surface area (Å²) >= 11 is 0. The van der Waals surface area contributed by atoms with E-state index < -0.39 is 6.04 Å². The number of carbonyl (C=O) groups is 2. The van der Waals surface area contributed by atoms with Crippen molar-refractivity contribution in [2.45, 2.75) is 19.9 Å². The minimum Gasteiger partial charge on any atom is -0.335 e. The Morgan fingerprint density at radius 1 is 1.08 bits per heavy atom. The number of benzene rings is 2. The van der Waals surface area contributed by atoms with Crippen molar-refractivity contribution in [3.63, 3.8) is 0 Å². The summed E-state index contributed by atoms with van der Waals surface area (Å²) in [4.78, 5) is 24.3. The fourth-order valence-corrected chi connectivity index (χ4v) is 2.71. The van der Waals surface area contributed by atoms with Gasteiger partial charge in [0.15, 0.2) is 5.78 Å². The van der Waals surface area contributed by atoms with E-state index in [1.54, 1.807) is 17.7 Å². The molecule has 1 aromatic heterocycles. The van der Waals surface area contributed by atoms with E-state index in [2.05, 4.69) is 5.32 Å². The molecule has 0 saturated carbocycles. The van der Waals surface area contributed by atoms with Crippen LogP contribution in [-0.4, -0.2) is 16.3 Å². The van der Waals surface area contributed by atoms with Crippen LogP contribution in [0, 0.1) is 5.82 Å². The number of aromatic nitrogens is 1. The first-order valence-electron chi connectivity index (χ1n) is 7.64. The highest BCUT2D eigenvalue weighted by atomic mass is 19.1. The lowest BCUT2D eigenvalue weighted by molar-refractivity contribution is -0.118. The molecule has 0 aliphatic carbocycles. The maximum Gasteiger partial charge on any atom is 0.247 e. The Balaban J connectivity index is 1.93. The van der Waals surface area contributed by atoms with E-state index in [1.165, 1.54) is 31.2 Å². The predicted octanol–water partition coefficient (Wildman–Crippen LogP) is 4.18. The lowest BCUT2D eigenvalue weighted by Gasteiger charge is -2.15. The molecule has 1 N–H and O–H groups in total. The molecule has 0 saturated heterocycles. The van der Waals surface area contributed by atoms with Gasteiger partial charge in [0.05, 0.1) is 0 Å². The topological polar surface area (TPSA) is 51.1 Å². The van der Waals surface area contributed by atoms with E-state index in [0.717, 1.165) is 10.9 Å². The highest BCUT2D eigenvalue weighted by Gasteiger charge is 2.20. The monoisotopic (exact) mass is 324 g/mol. The third-order valence-corrected chi connectivity index (χ3v) is 4.03. The second-order valence-corrected chi connectivity index (χ2v) is 5.70. The van der Waals surface area contributed by atoms with Crippen molar-refractivity contribution in [3.8, 4) is 0 Å². The van der Waals surface area contributed by atoms with Crippen molar-refractivity contribution in [2.75, 3.05) is 5.32 Å². The Labute approximate surface area is 138 Å². The number of fused-ring (bicyclic) bond motifs is 1. The Morgan fingerprint density at radius 3 is 2.42 bits per heavy atom. The Hall–Kier alpha value is -2.95. The molecular formula is C19H17FN2O2. The van der Waals surface area contributed by atoms with Gasteiger partial charge in [0.2, 0.25) is 5.91 Å². The van der Waals surface area contributed by atoms with Gasteiger partial charge < -0.3 is 9.88 Å². The van der Waals surface area contributed by atoms with Gasteiger partial charge in [-0.3, -0.25) is 9.59 Å². The van der Waals surface area contributed by atoms with Gasteiger partial charge in [-0.05, 0) is 44.2 Å². The van der Waals surface area contributed by atoms with Crippen LogP contribution in [-0.2, 0) is 4.79 Å². The lowest BCUT2D eigenvalue weighted by Crippen LogP contribution is -2.23. The average Bonchev–Trinajstić information content (AvgIpc) is 2.96. The number of para-hydroxylation sites is 1. The second-order valence-electron chi connectivity index (χ2n) is 5.70. The van der Waals surface area contributed by atoms with Gasteiger partial charge in [-0.25, -0.2) is 4.39 Å². The molecule has 3 aromatic rings. The summed E-state index contributed by atoms with van der Waals surface area (Å²) in [5.41, 5.74) is 1.94. The molecular weight excluding hydrogens is 307 g/mol. The molecule has 0 radical (unpaired) electrons. The summed E-state index contributed by atoms with van der Waals surface area (Å²) < 4.78 is 14.7. The number of halogens is 1. The summed E-state index contributed by atoms with van der Waals surface area (Å²) in [5, 5.41) is 3.58. The Bertz CT molecular complexity index is 913. The van der Waals surface area contributed by atoms with Gasteiger partial charge in [-0.1, -0.05) is 18.2 Å². The number of nitrogens with zero attached hydrogens (tertiary/aromatic N) is 1. The van der Waals surface area contributed by atoms with Crippen molar-refractivity contribution < 1.29 is 14.0 Å². The van der Waals surface area contributed by atoms with Gasteiger partial charge in [-0.2, -0.15) is 0 Å². The van der Waals surface area contributed by atoms with E-state index in [4.69, 9.17) is 0 Å². The zero-order valence-corrected chi connectivity index (χ0v) is 13.4. The molecule has 3 rings (SSSR count). The molecule has 1 atom stereocenters. The summed E-state index contributed by atoms with van der Waals surface area (Å²) in [5.74, 6) is -0.642. The van der Waals surface area contributed by atoms with Crippen LogP contribution < -0.4 is 5.32 Å². The highest BCUT2D eigenvalue weighted by Crippen LogP contribution is 2.25. The fraction of sp³-hybridized carbons (Fsp3) is 0.158. The van der Waals surface area contributed by atoms with Crippen LogP contribution in [0.1, 0.15) is 30.2 Å². The molecule has 5 heteroatoms. The minimum absolute atomic E-state index is 0.0453. The van der Waals surface area contributed by atoms with Crippen LogP contribution >= 0.6 is 0 Å². The number of hydrogen-bond donors (Lipinski definition) is 1. The van der Waals surface area contributed by atoms with Gasteiger partial charge in [-0.15, -0.1) is 0 Å². The number of hydrogen-bond acceptors (Lipinski definition) is 2. The van der Waals surface area contributed by atoms with Gasteiger partial charge in [0.25, 0.3) is 0 Å². The largest absolute Gasteiger partial charge is 0.335 e. The van der Waals surface area contributed by atoms with E-state index in [0.29, 0.717) is 11.3 Å². The molecule has 0 aliphatic rings. The number of anilines is 1. The number of Topliss-reactive ketones (excluding diaryl/α,β-unsaturated/α-hetero) is 1. The third kappa shape index (κ3) is 2.93. The van der Waals surface area contributed by atoms with Crippen LogP contribution in [0.4, 0.5) is 10.1 Å². The first-order valence-corrected chi connectivity index (χ1v) is 7.64. The van der Waals surface area contributed by atoms with Crippen LogP contribution in [0.3, 0.4) is 0 Å². The average molecular weight is 324 g/mol. The quantitative estimate of drug-likeness (QED) is 0.732. The maximum absolute atomic E-state index is 13.0. The lowest BCUT2D eigenvalue weighted by atomic mass is 10.1. The first kappa shape index (κ1) is 15.9. The number of nitrogens with one attached hydrogen (secondary N) is 1. The second kappa shape index (κ2) is 6.28. The molecule has 1 amide bonds. The van der Waals surface area contributed by atoms with Crippen LogP contribution in [0.25, 0.3) is 10.9 Å². The molecule has 0 spiro atoms. The zero-order chi connectivity index (χ0) is 17.3. The zero-order valence-electron chi connectivity index (χ0n) is 13.4. The predicted molar refractivity (Wildman–Crippen MR) is 91.7 cm³/mol. The molecule has 0 unspecified atom stereocenters. The van der Waals surface area contributed by atoms with Crippen molar-refractivity contribution >= 4 is 28.3 Å². The molecule has 0 aliphatic heterocycles. The summed E-state index contributed by atoms with van der Waals surface area (Å²) in [6.07, 6.45) is 1.71. The Kier molecular flexibility index (Phi) is 4.16. The molecule has 2 aromatic carbocycles. The number of rotatable bonds is 4.